The maximum atomic E-state index is 8.66. The van der Waals surface area contributed by atoms with Crippen LogP contribution in [0.3, 0.4) is 0 Å². The van der Waals surface area contributed by atoms with Gasteiger partial charge in [0.05, 0.1) is 6.61 Å². The van der Waals surface area contributed by atoms with Gasteiger partial charge in [0.2, 0.25) is 0 Å². The Bertz CT molecular complexity index is 332. The van der Waals surface area contributed by atoms with Gasteiger partial charge in [0.15, 0.2) is 0 Å². The van der Waals surface area contributed by atoms with Gasteiger partial charge in [-0.05, 0) is 12.1 Å². The molecule has 74 valence electrons. The SMILES string of the molecule is COCCN(C)c1ccnc(C#N)c1. The number of nitrogens with zero attached hydrogens (tertiary/aromatic N) is 3. The summed E-state index contributed by atoms with van der Waals surface area (Å²) in [4.78, 5) is 5.92. The largest absolute Gasteiger partial charge is 0.383 e. The zero-order valence-electron chi connectivity index (χ0n) is 8.40. The zero-order valence-corrected chi connectivity index (χ0v) is 8.40. The Kier molecular flexibility index (Phi) is 3.89. The fraction of sp³-hybridized carbons (Fsp3) is 0.400. The average molecular weight is 191 g/mol. The maximum Gasteiger partial charge on any atom is 0.142 e. The molecule has 0 bridgehead atoms. The highest BCUT2D eigenvalue weighted by atomic mass is 16.5. The number of rotatable bonds is 4. The minimum absolute atomic E-state index is 0.437. The zero-order chi connectivity index (χ0) is 10.4. The molecule has 0 aliphatic carbocycles. The number of likely N-dealkylation sites (N-methyl/N-ethyl adjacent to an activating group) is 1. The summed E-state index contributed by atoms with van der Waals surface area (Å²) in [6.07, 6.45) is 1.64. The van der Waals surface area contributed by atoms with Crippen LogP contribution in [0.1, 0.15) is 5.69 Å². The average Bonchev–Trinajstić information content (AvgIpc) is 2.26. The number of hydrogen-bond donors (Lipinski definition) is 0. The number of pyridine rings is 1. The minimum Gasteiger partial charge on any atom is -0.383 e. The first-order valence-electron chi connectivity index (χ1n) is 4.34. The second-order valence-electron chi connectivity index (χ2n) is 2.93. The summed E-state index contributed by atoms with van der Waals surface area (Å²) in [6.45, 7) is 1.46. The van der Waals surface area contributed by atoms with Crippen molar-refractivity contribution in [2.45, 2.75) is 0 Å². The number of aromatic nitrogens is 1. The maximum absolute atomic E-state index is 8.66. The third-order valence-electron chi connectivity index (χ3n) is 1.93. The van der Waals surface area contributed by atoms with Crippen LogP contribution in [0.2, 0.25) is 0 Å². The molecule has 1 heterocycles. The summed E-state index contributed by atoms with van der Waals surface area (Å²) >= 11 is 0. The molecule has 1 rings (SSSR count). The summed E-state index contributed by atoms with van der Waals surface area (Å²) in [5.74, 6) is 0. The predicted molar refractivity (Wildman–Crippen MR) is 54.1 cm³/mol. The van der Waals surface area contributed by atoms with E-state index in [0.29, 0.717) is 12.3 Å². The van der Waals surface area contributed by atoms with Crippen LogP contribution in [-0.2, 0) is 4.74 Å². The molecule has 0 atom stereocenters. The number of ether oxygens (including phenoxy) is 1. The molecule has 0 N–H and O–H groups in total. The molecule has 0 radical (unpaired) electrons. The number of methoxy groups -OCH3 is 1. The van der Waals surface area contributed by atoms with Gasteiger partial charge in [0.25, 0.3) is 0 Å². The third kappa shape index (κ3) is 2.71. The van der Waals surface area contributed by atoms with Gasteiger partial charge in [-0.15, -0.1) is 0 Å². The summed E-state index contributed by atoms with van der Waals surface area (Å²) in [7, 11) is 3.62. The second-order valence-corrected chi connectivity index (χ2v) is 2.93. The lowest BCUT2D eigenvalue weighted by atomic mass is 10.3. The Morgan fingerprint density at radius 2 is 2.43 bits per heavy atom. The van der Waals surface area contributed by atoms with Crippen LogP contribution in [0.4, 0.5) is 5.69 Å². The van der Waals surface area contributed by atoms with Crippen LogP contribution >= 0.6 is 0 Å². The van der Waals surface area contributed by atoms with Crippen molar-refractivity contribution in [3.05, 3.63) is 24.0 Å². The van der Waals surface area contributed by atoms with E-state index in [0.717, 1.165) is 12.2 Å². The topological polar surface area (TPSA) is 49.1 Å². The molecule has 0 saturated heterocycles. The van der Waals surface area contributed by atoms with Gasteiger partial charge in [0.1, 0.15) is 11.8 Å². The third-order valence-corrected chi connectivity index (χ3v) is 1.93. The summed E-state index contributed by atoms with van der Waals surface area (Å²) < 4.78 is 4.97. The Morgan fingerprint density at radius 3 is 3.07 bits per heavy atom. The van der Waals surface area contributed by atoms with E-state index in [-0.39, 0.29) is 0 Å². The normalized spacial score (nSPS) is 9.50. The molecule has 0 unspecified atom stereocenters. The molecule has 4 heteroatoms. The van der Waals surface area contributed by atoms with Gasteiger partial charge in [-0.2, -0.15) is 5.26 Å². The Hall–Kier alpha value is -1.60. The van der Waals surface area contributed by atoms with E-state index in [1.807, 2.05) is 24.1 Å². The van der Waals surface area contributed by atoms with Crippen LogP contribution in [0, 0.1) is 11.3 Å². The first kappa shape index (κ1) is 10.5. The van der Waals surface area contributed by atoms with E-state index < -0.39 is 0 Å². The minimum atomic E-state index is 0.437. The Balaban J connectivity index is 2.70. The molecule has 0 aliphatic rings. The monoisotopic (exact) mass is 191 g/mol. The van der Waals surface area contributed by atoms with Crippen LogP contribution in [0.25, 0.3) is 0 Å². The van der Waals surface area contributed by atoms with Crippen molar-refractivity contribution >= 4 is 5.69 Å². The predicted octanol–water partition coefficient (Wildman–Crippen LogP) is 1.04. The van der Waals surface area contributed by atoms with Gasteiger partial charge in [-0.3, -0.25) is 0 Å². The lowest BCUT2D eigenvalue weighted by Crippen LogP contribution is -2.22. The molecule has 1 aromatic rings. The first-order valence-corrected chi connectivity index (χ1v) is 4.34. The van der Waals surface area contributed by atoms with Gasteiger partial charge in [-0.25, -0.2) is 4.98 Å². The molecule has 0 aliphatic heterocycles. The first-order chi connectivity index (χ1) is 6.77. The van der Waals surface area contributed by atoms with Crippen molar-refractivity contribution < 1.29 is 4.74 Å². The quantitative estimate of drug-likeness (QED) is 0.713. The van der Waals surface area contributed by atoms with Crippen LogP contribution in [0.5, 0.6) is 0 Å². The molecule has 0 spiro atoms. The van der Waals surface area contributed by atoms with E-state index in [9.17, 15) is 0 Å². The van der Waals surface area contributed by atoms with E-state index in [1.54, 1.807) is 19.4 Å². The van der Waals surface area contributed by atoms with Crippen molar-refractivity contribution in [1.82, 2.24) is 4.98 Å². The molecule has 0 fully saturated rings. The lowest BCUT2D eigenvalue weighted by molar-refractivity contribution is 0.206. The number of anilines is 1. The van der Waals surface area contributed by atoms with Crippen molar-refractivity contribution in [2.24, 2.45) is 0 Å². The highest BCUT2D eigenvalue weighted by Gasteiger charge is 2.01. The van der Waals surface area contributed by atoms with Crippen molar-refractivity contribution in [3.8, 4) is 6.07 Å². The standard InChI is InChI=1S/C10H13N3O/c1-13(5-6-14-2)10-3-4-12-9(7-10)8-11/h3-4,7H,5-6H2,1-2H3. The molecule has 0 amide bonds. The van der Waals surface area contributed by atoms with Crippen molar-refractivity contribution in [2.75, 3.05) is 32.2 Å². The fourth-order valence-electron chi connectivity index (χ4n) is 1.08. The van der Waals surface area contributed by atoms with Crippen LogP contribution in [-0.4, -0.2) is 32.3 Å². The number of nitriles is 1. The van der Waals surface area contributed by atoms with Gasteiger partial charge >= 0.3 is 0 Å². The highest BCUT2D eigenvalue weighted by molar-refractivity contribution is 5.47. The highest BCUT2D eigenvalue weighted by Crippen LogP contribution is 2.11. The van der Waals surface area contributed by atoms with E-state index in [1.165, 1.54) is 0 Å². The lowest BCUT2D eigenvalue weighted by Gasteiger charge is -2.18. The van der Waals surface area contributed by atoms with Gasteiger partial charge < -0.3 is 9.64 Å². The van der Waals surface area contributed by atoms with E-state index in [2.05, 4.69) is 4.98 Å². The van der Waals surface area contributed by atoms with E-state index in [4.69, 9.17) is 10.00 Å². The van der Waals surface area contributed by atoms with E-state index >= 15 is 0 Å². The van der Waals surface area contributed by atoms with Gasteiger partial charge in [-0.1, -0.05) is 0 Å². The molecular formula is C10H13N3O. The van der Waals surface area contributed by atoms with Crippen molar-refractivity contribution in [3.63, 3.8) is 0 Å². The molecule has 14 heavy (non-hydrogen) atoms. The molecular weight excluding hydrogens is 178 g/mol. The smallest absolute Gasteiger partial charge is 0.142 e. The Morgan fingerprint density at radius 1 is 1.64 bits per heavy atom. The van der Waals surface area contributed by atoms with Crippen LogP contribution in [0.15, 0.2) is 18.3 Å². The summed E-state index contributed by atoms with van der Waals surface area (Å²) in [5.41, 5.74) is 1.42. The van der Waals surface area contributed by atoms with Crippen LogP contribution < -0.4 is 4.90 Å². The second kappa shape index (κ2) is 5.20. The Labute approximate surface area is 83.7 Å². The molecule has 4 nitrogen and oxygen atoms in total. The summed E-state index contributed by atoms with van der Waals surface area (Å²) in [6, 6.07) is 5.64. The molecule has 0 saturated carbocycles. The molecule has 1 aromatic heterocycles. The molecule has 0 aromatic carbocycles. The summed E-state index contributed by atoms with van der Waals surface area (Å²) in [5, 5.41) is 8.66. The number of hydrogen-bond acceptors (Lipinski definition) is 4. The fourth-order valence-corrected chi connectivity index (χ4v) is 1.08. The van der Waals surface area contributed by atoms with Gasteiger partial charge in [0, 0.05) is 32.6 Å². The van der Waals surface area contributed by atoms with Crippen molar-refractivity contribution in [1.29, 1.82) is 5.26 Å².